The monoisotopic (exact) mass is 298 g/mol. The van der Waals surface area contributed by atoms with Crippen molar-refractivity contribution in [1.82, 2.24) is 4.98 Å². The van der Waals surface area contributed by atoms with Crippen molar-refractivity contribution in [3.05, 3.63) is 22.3 Å². The number of piperidine rings is 1. The van der Waals surface area contributed by atoms with E-state index in [1.165, 1.54) is 5.56 Å². The zero-order chi connectivity index (χ0) is 12.3. The minimum Gasteiger partial charge on any atom is -0.378 e. The molecule has 94 valence electrons. The van der Waals surface area contributed by atoms with Crippen LogP contribution in [0.2, 0.25) is 0 Å². The van der Waals surface area contributed by atoms with Crippen LogP contribution in [0.3, 0.4) is 0 Å². The molecule has 0 aliphatic carbocycles. The molecule has 1 aromatic heterocycles. The molecule has 0 saturated carbocycles. The van der Waals surface area contributed by atoms with Crippen LogP contribution in [-0.4, -0.2) is 30.8 Å². The first-order valence-corrected chi connectivity index (χ1v) is 6.99. The first-order valence-electron chi connectivity index (χ1n) is 6.20. The molecule has 2 rings (SSSR count). The molecule has 4 heteroatoms. The normalized spacial score (nSPS) is 17.5. The second-order valence-corrected chi connectivity index (χ2v) is 5.20. The molecule has 17 heavy (non-hydrogen) atoms. The number of nitrogens with zero attached hydrogens (tertiary/aromatic N) is 2. The number of aromatic nitrogens is 1. The molecule has 2 heterocycles. The van der Waals surface area contributed by atoms with Gasteiger partial charge in [0, 0.05) is 25.9 Å². The Kier molecular flexibility index (Phi) is 4.40. The zero-order valence-corrected chi connectivity index (χ0v) is 12.0. The van der Waals surface area contributed by atoms with Gasteiger partial charge in [-0.15, -0.1) is 0 Å². The highest BCUT2D eigenvalue weighted by atomic mass is 79.9. The number of rotatable bonds is 3. The van der Waals surface area contributed by atoms with Crippen LogP contribution < -0.4 is 4.90 Å². The van der Waals surface area contributed by atoms with Crippen LogP contribution in [0, 0.1) is 6.92 Å². The van der Waals surface area contributed by atoms with Crippen molar-refractivity contribution >= 4 is 21.7 Å². The van der Waals surface area contributed by atoms with E-state index in [0.717, 1.165) is 42.8 Å². The van der Waals surface area contributed by atoms with Crippen molar-refractivity contribution in [2.45, 2.75) is 32.8 Å². The Morgan fingerprint density at radius 3 is 2.82 bits per heavy atom. The molecule has 1 aliphatic rings. The molecular formula is C13H19BrN2O. The summed E-state index contributed by atoms with van der Waals surface area (Å²) in [5.41, 5.74) is 1.24. The summed E-state index contributed by atoms with van der Waals surface area (Å²) in [6.07, 6.45) is 4.50. The Labute approximate surface area is 111 Å². The number of pyridine rings is 1. The Morgan fingerprint density at radius 2 is 2.18 bits per heavy atom. The minimum absolute atomic E-state index is 0.430. The molecule has 0 bridgehead atoms. The van der Waals surface area contributed by atoms with Crippen LogP contribution in [0.15, 0.2) is 16.7 Å². The fraction of sp³-hybridized carbons (Fsp3) is 0.615. The van der Waals surface area contributed by atoms with Gasteiger partial charge in [-0.05, 0) is 54.2 Å². The third-order valence-corrected chi connectivity index (χ3v) is 4.19. The van der Waals surface area contributed by atoms with E-state index >= 15 is 0 Å². The molecule has 0 amide bonds. The smallest absolute Gasteiger partial charge is 0.143 e. The van der Waals surface area contributed by atoms with Crippen molar-refractivity contribution in [2.75, 3.05) is 24.6 Å². The van der Waals surface area contributed by atoms with Crippen LogP contribution in [0.1, 0.15) is 25.3 Å². The van der Waals surface area contributed by atoms with Gasteiger partial charge in [0.1, 0.15) is 5.82 Å². The van der Waals surface area contributed by atoms with E-state index in [0.29, 0.717) is 6.10 Å². The predicted octanol–water partition coefficient (Wildman–Crippen LogP) is 3.16. The molecule has 0 atom stereocenters. The lowest BCUT2D eigenvalue weighted by molar-refractivity contribution is 0.0458. The number of aryl methyl sites for hydroxylation is 1. The Hall–Kier alpha value is -0.610. The fourth-order valence-corrected chi connectivity index (χ4v) is 2.70. The molecule has 1 aromatic rings. The summed E-state index contributed by atoms with van der Waals surface area (Å²) in [4.78, 5) is 6.81. The van der Waals surface area contributed by atoms with E-state index < -0.39 is 0 Å². The van der Waals surface area contributed by atoms with Crippen LogP contribution in [0.25, 0.3) is 0 Å². The van der Waals surface area contributed by atoms with Crippen molar-refractivity contribution < 1.29 is 4.74 Å². The van der Waals surface area contributed by atoms with Gasteiger partial charge in [0.15, 0.2) is 0 Å². The average Bonchev–Trinajstić information content (AvgIpc) is 2.34. The van der Waals surface area contributed by atoms with Gasteiger partial charge in [0.25, 0.3) is 0 Å². The molecule has 0 N–H and O–H groups in total. The highest BCUT2D eigenvalue weighted by Crippen LogP contribution is 2.29. The minimum atomic E-state index is 0.430. The van der Waals surface area contributed by atoms with Gasteiger partial charge in [-0.3, -0.25) is 0 Å². The molecule has 0 radical (unpaired) electrons. The summed E-state index contributed by atoms with van der Waals surface area (Å²) < 4.78 is 6.78. The average molecular weight is 299 g/mol. The second-order valence-electron chi connectivity index (χ2n) is 4.41. The highest BCUT2D eigenvalue weighted by Gasteiger charge is 2.21. The third kappa shape index (κ3) is 2.99. The van der Waals surface area contributed by atoms with Gasteiger partial charge < -0.3 is 9.64 Å². The number of hydrogen-bond donors (Lipinski definition) is 0. The lowest BCUT2D eigenvalue weighted by Crippen LogP contribution is -2.37. The summed E-state index contributed by atoms with van der Waals surface area (Å²) in [7, 11) is 0. The van der Waals surface area contributed by atoms with Crippen molar-refractivity contribution in [3.63, 3.8) is 0 Å². The summed E-state index contributed by atoms with van der Waals surface area (Å²) in [5.74, 6) is 1.07. The van der Waals surface area contributed by atoms with Crippen LogP contribution in [-0.2, 0) is 4.74 Å². The van der Waals surface area contributed by atoms with Gasteiger partial charge in [-0.25, -0.2) is 4.98 Å². The lowest BCUT2D eigenvalue weighted by atomic mass is 10.1. The first-order chi connectivity index (χ1) is 8.22. The molecule has 1 aliphatic heterocycles. The van der Waals surface area contributed by atoms with Gasteiger partial charge in [-0.1, -0.05) is 0 Å². The molecule has 0 spiro atoms. The van der Waals surface area contributed by atoms with Crippen molar-refractivity contribution in [2.24, 2.45) is 0 Å². The lowest BCUT2D eigenvalue weighted by Gasteiger charge is -2.33. The number of ether oxygens (including phenoxy) is 1. The maximum atomic E-state index is 5.66. The quantitative estimate of drug-likeness (QED) is 0.857. The third-order valence-electron chi connectivity index (χ3n) is 3.21. The van der Waals surface area contributed by atoms with Gasteiger partial charge in [0.2, 0.25) is 0 Å². The van der Waals surface area contributed by atoms with E-state index in [-0.39, 0.29) is 0 Å². The van der Waals surface area contributed by atoms with E-state index in [2.05, 4.69) is 39.7 Å². The van der Waals surface area contributed by atoms with E-state index in [4.69, 9.17) is 4.74 Å². The SMILES string of the molecule is CCOC1CCN(c2nccc(C)c2Br)CC1. The molecule has 0 unspecified atom stereocenters. The van der Waals surface area contributed by atoms with Gasteiger partial charge in [-0.2, -0.15) is 0 Å². The van der Waals surface area contributed by atoms with E-state index in [1.54, 1.807) is 0 Å². The summed E-state index contributed by atoms with van der Waals surface area (Å²) in [6, 6.07) is 2.03. The Balaban J connectivity index is 2.03. The fourth-order valence-electron chi connectivity index (χ4n) is 2.22. The summed E-state index contributed by atoms with van der Waals surface area (Å²) in [6.45, 7) is 7.03. The molecule has 0 aromatic carbocycles. The molecular weight excluding hydrogens is 280 g/mol. The van der Waals surface area contributed by atoms with Crippen molar-refractivity contribution in [1.29, 1.82) is 0 Å². The van der Waals surface area contributed by atoms with Crippen molar-refractivity contribution in [3.8, 4) is 0 Å². The van der Waals surface area contributed by atoms with Crippen LogP contribution in [0.4, 0.5) is 5.82 Å². The number of anilines is 1. The summed E-state index contributed by atoms with van der Waals surface area (Å²) in [5, 5.41) is 0. The number of hydrogen-bond acceptors (Lipinski definition) is 3. The van der Waals surface area contributed by atoms with E-state index in [9.17, 15) is 0 Å². The first kappa shape index (κ1) is 12.8. The Bertz CT molecular complexity index is 376. The highest BCUT2D eigenvalue weighted by molar-refractivity contribution is 9.10. The second kappa shape index (κ2) is 5.83. The van der Waals surface area contributed by atoms with E-state index in [1.807, 2.05) is 12.3 Å². The maximum absolute atomic E-state index is 5.66. The molecule has 1 fully saturated rings. The maximum Gasteiger partial charge on any atom is 0.143 e. The Morgan fingerprint density at radius 1 is 1.47 bits per heavy atom. The zero-order valence-electron chi connectivity index (χ0n) is 10.4. The molecule has 3 nitrogen and oxygen atoms in total. The standard InChI is InChI=1S/C13H19BrN2O/c1-3-17-11-5-8-16(9-6-11)13-12(14)10(2)4-7-15-13/h4,7,11H,3,5-6,8-9H2,1-2H3. The van der Waals surface area contributed by atoms with Gasteiger partial charge in [0.05, 0.1) is 10.6 Å². The van der Waals surface area contributed by atoms with Crippen LogP contribution >= 0.6 is 15.9 Å². The summed E-state index contributed by atoms with van der Waals surface area (Å²) >= 11 is 3.63. The molecule has 1 saturated heterocycles. The van der Waals surface area contributed by atoms with Crippen LogP contribution in [0.5, 0.6) is 0 Å². The van der Waals surface area contributed by atoms with Gasteiger partial charge >= 0.3 is 0 Å². The largest absolute Gasteiger partial charge is 0.378 e. The number of halogens is 1. The predicted molar refractivity (Wildman–Crippen MR) is 73.5 cm³/mol. The topological polar surface area (TPSA) is 25.4 Å².